The molecule has 0 bridgehead atoms. The number of hydrogen-bond donors (Lipinski definition) is 2. The maximum absolute atomic E-state index is 12.2. The van der Waals surface area contributed by atoms with Crippen LogP contribution in [0.3, 0.4) is 0 Å². The van der Waals surface area contributed by atoms with Crippen LogP contribution in [0.2, 0.25) is 10.0 Å². The number of nitro benzene ring substituents is 2. The van der Waals surface area contributed by atoms with Crippen molar-refractivity contribution in [1.29, 1.82) is 0 Å². The highest BCUT2D eigenvalue weighted by Crippen LogP contribution is 2.26. The van der Waals surface area contributed by atoms with Gasteiger partial charge < -0.3 is 10.6 Å². The molecule has 0 fully saturated rings. The molecule has 0 radical (unpaired) electrons. The van der Waals surface area contributed by atoms with Crippen molar-refractivity contribution < 1.29 is 19.4 Å². The van der Waals surface area contributed by atoms with Gasteiger partial charge in [0.25, 0.3) is 23.2 Å². The van der Waals surface area contributed by atoms with Crippen molar-refractivity contribution in [1.82, 2.24) is 10.6 Å². The van der Waals surface area contributed by atoms with Crippen LogP contribution in [0.5, 0.6) is 0 Å². The number of carbonyl (C=O) groups is 2. The zero-order chi connectivity index (χ0) is 21.7. The Bertz CT molecular complexity index is 998. The minimum absolute atomic E-state index is 0.0106. The van der Waals surface area contributed by atoms with E-state index in [1.165, 1.54) is 24.3 Å². The molecule has 152 valence electrons. The van der Waals surface area contributed by atoms with E-state index >= 15 is 0 Å². The average Bonchev–Trinajstić information content (AvgIpc) is 2.66. The fraction of sp³-hybridized carbons (Fsp3) is 0.176. The summed E-state index contributed by atoms with van der Waals surface area (Å²) in [6.07, 6.45) is 0. The van der Waals surface area contributed by atoms with Crippen molar-refractivity contribution in [2.24, 2.45) is 0 Å². The van der Waals surface area contributed by atoms with E-state index in [9.17, 15) is 29.8 Å². The number of nitrogens with zero attached hydrogens (tertiary/aromatic N) is 2. The van der Waals surface area contributed by atoms with Crippen LogP contribution in [-0.2, 0) is 0 Å². The summed E-state index contributed by atoms with van der Waals surface area (Å²) in [6, 6.07) is 6.72. The van der Waals surface area contributed by atoms with E-state index < -0.39 is 39.1 Å². The maximum Gasteiger partial charge on any atom is 0.288 e. The van der Waals surface area contributed by atoms with E-state index in [0.717, 1.165) is 12.1 Å². The zero-order valence-corrected chi connectivity index (χ0v) is 16.4. The van der Waals surface area contributed by atoms with E-state index in [0.29, 0.717) is 0 Å². The van der Waals surface area contributed by atoms with Gasteiger partial charge in [-0.25, -0.2) is 0 Å². The van der Waals surface area contributed by atoms with E-state index in [4.69, 9.17) is 23.2 Å². The van der Waals surface area contributed by atoms with Gasteiger partial charge in [-0.2, -0.15) is 0 Å². The summed E-state index contributed by atoms with van der Waals surface area (Å²) in [5.41, 5.74) is -0.727. The number of nitro groups is 2. The molecule has 0 spiro atoms. The first-order valence-electron chi connectivity index (χ1n) is 8.07. The van der Waals surface area contributed by atoms with Gasteiger partial charge in [0.05, 0.1) is 9.85 Å². The number of carbonyl (C=O) groups excluding carboxylic acids is 2. The van der Waals surface area contributed by atoms with Gasteiger partial charge in [-0.15, -0.1) is 0 Å². The van der Waals surface area contributed by atoms with Crippen LogP contribution in [0.1, 0.15) is 27.6 Å². The first kappa shape index (κ1) is 22.1. The molecule has 2 amide bonds. The average molecular weight is 441 g/mol. The van der Waals surface area contributed by atoms with E-state index in [2.05, 4.69) is 10.6 Å². The molecule has 0 heterocycles. The first-order chi connectivity index (χ1) is 13.6. The minimum atomic E-state index is -0.701. The Hall–Kier alpha value is -3.24. The predicted molar refractivity (Wildman–Crippen MR) is 105 cm³/mol. The lowest BCUT2D eigenvalue weighted by molar-refractivity contribution is -0.384. The van der Waals surface area contributed by atoms with Gasteiger partial charge in [-0.1, -0.05) is 23.2 Å². The van der Waals surface area contributed by atoms with Crippen LogP contribution in [0, 0.1) is 20.2 Å². The smallest absolute Gasteiger partial charge is 0.288 e. The van der Waals surface area contributed by atoms with Crippen molar-refractivity contribution >= 4 is 46.4 Å². The van der Waals surface area contributed by atoms with Crippen LogP contribution in [0.15, 0.2) is 36.4 Å². The SMILES string of the molecule is CC(CNC(=O)c1ccc(Cl)c([N+](=O)[O-])c1)NC(=O)c1ccc(Cl)c([N+](=O)[O-])c1. The third kappa shape index (κ3) is 5.62. The summed E-state index contributed by atoms with van der Waals surface area (Å²) in [5, 5.41) is 26.7. The van der Waals surface area contributed by atoms with E-state index in [-0.39, 0.29) is 27.7 Å². The normalized spacial score (nSPS) is 11.4. The molecule has 0 aliphatic rings. The topological polar surface area (TPSA) is 144 Å². The molecule has 0 saturated carbocycles. The number of nitrogens with one attached hydrogen (secondary N) is 2. The molecule has 1 atom stereocenters. The van der Waals surface area contributed by atoms with Crippen molar-refractivity contribution in [3.05, 3.63) is 77.8 Å². The Morgan fingerprint density at radius 1 is 0.931 bits per heavy atom. The lowest BCUT2D eigenvalue weighted by Crippen LogP contribution is -2.41. The number of halogens is 2. The minimum Gasteiger partial charge on any atom is -0.350 e. The van der Waals surface area contributed by atoms with Gasteiger partial charge in [0, 0.05) is 35.8 Å². The largest absolute Gasteiger partial charge is 0.350 e. The summed E-state index contributed by atoms with van der Waals surface area (Å²) in [5.74, 6) is -1.18. The highest BCUT2D eigenvalue weighted by atomic mass is 35.5. The molecule has 1 unspecified atom stereocenters. The molecule has 2 aromatic carbocycles. The van der Waals surface area contributed by atoms with Gasteiger partial charge >= 0.3 is 0 Å². The molecule has 29 heavy (non-hydrogen) atoms. The first-order valence-corrected chi connectivity index (χ1v) is 8.82. The molecule has 0 saturated heterocycles. The molecular formula is C17H14Cl2N4O6. The highest BCUT2D eigenvalue weighted by molar-refractivity contribution is 6.33. The fourth-order valence-corrected chi connectivity index (χ4v) is 2.67. The van der Waals surface area contributed by atoms with Gasteiger partial charge in [0.1, 0.15) is 10.0 Å². The van der Waals surface area contributed by atoms with Crippen LogP contribution >= 0.6 is 23.2 Å². The van der Waals surface area contributed by atoms with Crippen molar-refractivity contribution in [3.8, 4) is 0 Å². The molecule has 0 aromatic heterocycles. The second-order valence-corrected chi connectivity index (χ2v) is 6.75. The summed E-state index contributed by atoms with van der Waals surface area (Å²) in [6.45, 7) is 1.61. The summed E-state index contributed by atoms with van der Waals surface area (Å²) < 4.78 is 0. The van der Waals surface area contributed by atoms with Crippen molar-refractivity contribution in [3.63, 3.8) is 0 Å². The molecule has 2 rings (SSSR count). The Morgan fingerprint density at radius 3 is 1.83 bits per heavy atom. The van der Waals surface area contributed by atoms with Gasteiger partial charge in [-0.05, 0) is 31.2 Å². The number of rotatable bonds is 7. The number of amides is 2. The van der Waals surface area contributed by atoms with Crippen LogP contribution in [-0.4, -0.2) is 34.2 Å². The number of hydrogen-bond acceptors (Lipinski definition) is 6. The monoisotopic (exact) mass is 440 g/mol. The third-order valence-corrected chi connectivity index (χ3v) is 4.40. The van der Waals surface area contributed by atoms with Crippen molar-refractivity contribution in [2.75, 3.05) is 6.54 Å². The van der Waals surface area contributed by atoms with Gasteiger partial charge in [0.15, 0.2) is 0 Å². The van der Waals surface area contributed by atoms with Gasteiger partial charge in [0.2, 0.25) is 0 Å². The second kappa shape index (κ2) is 9.30. The molecule has 10 nitrogen and oxygen atoms in total. The second-order valence-electron chi connectivity index (χ2n) is 5.93. The summed E-state index contributed by atoms with van der Waals surface area (Å²) in [7, 11) is 0. The Labute approximate surface area is 174 Å². The Morgan fingerprint density at radius 2 is 1.38 bits per heavy atom. The van der Waals surface area contributed by atoms with Crippen LogP contribution in [0.4, 0.5) is 11.4 Å². The molecule has 12 heteroatoms. The van der Waals surface area contributed by atoms with E-state index in [1.807, 2.05) is 0 Å². The summed E-state index contributed by atoms with van der Waals surface area (Å²) >= 11 is 11.4. The maximum atomic E-state index is 12.2. The molecule has 0 aliphatic carbocycles. The van der Waals surface area contributed by atoms with Crippen molar-refractivity contribution in [2.45, 2.75) is 13.0 Å². The standard InChI is InChI=1S/C17H14Cl2N4O6/c1-9(21-17(25)11-3-5-13(19)15(7-11)23(28)29)8-20-16(24)10-2-4-12(18)14(6-10)22(26)27/h2-7,9H,8H2,1H3,(H,20,24)(H,21,25). The highest BCUT2D eigenvalue weighted by Gasteiger charge is 2.19. The third-order valence-electron chi connectivity index (χ3n) is 3.76. The predicted octanol–water partition coefficient (Wildman–Crippen LogP) is 3.36. The molecule has 2 aromatic rings. The molecule has 2 N–H and O–H groups in total. The van der Waals surface area contributed by atoms with Crippen LogP contribution < -0.4 is 10.6 Å². The zero-order valence-electron chi connectivity index (χ0n) is 14.8. The molecule has 0 aliphatic heterocycles. The fourth-order valence-electron chi connectivity index (χ4n) is 2.29. The summed E-state index contributed by atoms with van der Waals surface area (Å²) in [4.78, 5) is 44.8. The molecular weight excluding hydrogens is 427 g/mol. The lowest BCUT2D eigenvalue weighted by Gasteiger charge is -2.15. The number of benzene rings is 2. The van der Waals surface area contributed by atoms with Crippen LogP contribution in [0.25, 0.3) is 0 Å². The Kier molecular flexibility index (Phi) is 7.08. The lowest BCUT2D eigenvalue weighted by atomic mass is 10.1. The Balaban J connectivity index is 1.98. The quantitative estimate of drug-likeness (QED) is 0.498. The van der Waals surface area contributed by atoms with Gasteiger partial charge in [-0.3, -0.25) is 29.8 Å². The van der Waals surface area contributed by atoms with E-state index in [1.54, 1.807) is 6.92 Å².